The van der Waals surface area contributed by atoms with E-state index in [0.717, 1.165) is 11.1 Å². The first-order chi connectivity index (χ1) is 15.9. The largest absolute Gasteiger partial charge is 0.465 e. The highest BCUT2D eigenvalue weighted by atomic mass is 19.1. The van der Waals surface area contributed by atoms with Gasteiger partial charge in [0.05, 0.1) is 29.7 Å². The molecule has 1 amide bonds. The first-order valence-corrected chi connectivity index (χ1v) is 10.2. The van der Waals surface area contributed by atoms with E-state index in [1.807, 2.05) is 30.3 Å². The lowest BCUT2D eigenvalue weighted by molar-refractivity contribution is -0.114. The third-order valence-corrected chi connectivity index (χ3v) is 4.93. The number of hydrogen-bond acceptors (Lipinski definition) is 5. The minimum absolute atomic E-state index is 0.202. The molecule has 0 spiro atoms. The van der Waals surface area contributed by atoms with Crippen LogP contribution in [0.4, 0.5) is 10.1 Å². The lowest BCUT2D eigenvalue weighted by Crippen LogP contribution is -2.12. The molecule has 1 N–H and O–H groups in total. The number of aromatic nitrogens is 2. The van der Waals surface area contributed by atoms with Crippen molar-refractivity contribution >= 4 is 17.6 Å². The van der Waals surface area contributed by atoms with Crippen molar-refractivity contribution in [3.63, 3.8) is 0 Å². The van der Waals surface area contributed by atoms with Crippen molar-refractivity contribution in [2.75, 3.05) is 12.4 Å². The van der Waals surface area contributed by atoms with Crippen LogP contribution in [-0.4, -0.2) is 29.0 Å². The van der Waals surface area contributed by atoms with Gasteiger partial charge in [0, 0.05) is 23.6 Å². The number of carbonyl (C=O) groups is 2. The van der Waals surface area contributed by atoms with Gasteiger partial charge < -0.3 is 10.1 Å². The van der Waals surface area contributed by atoms with Crippen molar-refractivity contribution in [3.8, 4) is 33.9 Å². The average molecular weight is 441 g/mol. The molecule has 6 nitrogen and oxygen atoms in total. The lowest BCUT2D eigenvalue weighted by Gasteiger charge is -2.12. The second-order valence-corrected chi connectivity index (χ2v) is 7.27. The first-order valence-electron chi connectivity index (χ1n) is 10.2. The first kappa shape index (κ1) is 21.8. The summed E-state index contributed by atoms with van der Waals surface area (Å²) in [5.74, 6) is -0.748. The Morgan fingerprint density at radius 1 is 0.818 bits per heavy atom. The van der Waals surface area contributed by atoms with E-state index in [0.29, 0.717) is 28.5 Å². The van der Waals surface area contributed by atoms with E-state index in [-0.39, 0.29) is 17.3 Å². The van der Waals surface area contributed by atoms with Crippen molar-refractivity contribution < 1.29 is 18.7 Å². The molecule has 33 heavy (non-hydrogen) atoms. The van der Waals surface area contributed by atoms with Gasteiger partial charge in [-0.25, -0.2) is 19.2 Å². The van der Waals surface area contributed by atoms with Gasteiger partial charge in [-0.1, -0.05) is 36.4 Å². The highest BCUT2D eigenvalue weighted by molar-refractivity contribution is 6.01. The summed E-state index contributed by atoms with van der Waals surface area (Å²) >= 11 is 0. The molecule has 3 aromatic carbocycles. The Hall–Kier alpha value is -4.39. The molecule has 1 heterocycles. The zero-order valence-corrected chi connectivity index (χ0v) is 18.0. The predicted molar refractivity (Wildman–Crippen MR) is 124 cm³/mol. The van der Waals surface area contributed by atoms with E-state index >= 15 is 0 Å². The number of methoxy groups -OCH3 is 1. The summed E-state index contributed by atoms with van der Waals surface area (Å²) in [6.07, 6.45) is 0. The van der Waals surface area contributed by atoms with Crippen LogP contribution in [-0.2, 0) is 9.53 Å². The van der Waals surface area contributed by atoms with Gasteiger partial charge in [0.2, 0.25) is 5.91 Å². The van der Waals surface area contributed by atoms with Crippen LogP contribution in [0.25, 0.3) is 33.9 Å². The van der Waals surface area contributed by atoms with E-state index in [2.05, 4.69) is 10.3 Å². The highest BCUT2D eigenvalue weighted by Crippen LogP contribution is 2.30. The van der Waals surface area contributed by atoms with Crippen LogP contribution in [0, 0.1) is 5.82 Å². The third kappa shape index (κ3) is 4.93. The highest BCUT2D eigenvalue weighted by Gasteiger charge is 2.17. The zero-order valence-electron chi connectivity index (χ0n) is 18.0. The fourth-order valence-corrected chi connectivity index (χ4v) is 3.36. The van der Waals surface area contributed by atoms with Gasteiger partial charge in [0.25, 0.3) is 0 Å². The molecule has 0 saturated carbocycles. The Morgan fingerprint density at radius 2 is 1.45 bits per heavy atom. The van der Waals surface area contributed by atoms with Gasteiger partial charge in [-0.3, -0.25) is 4.79 Å². The van der Waals surface area contributed by atoms with Crippen LogP contribution in [0.3, 0.4) is 0 Å². The van der Waals surface area contributed by atoms with Crippen LogP contribution in [0.2, 0.25) is 0 Å². The summed E-state index contributed by atoms with van der Waals surface area (Å²) in [5, 5.41) is 2.64. The molecule has 0 unspecified atom stereocenters. The SMILES string of the molecule is COC(=O)c1cc(-c2cc(-c3ccc(F)cc3)nc(-c3ccccc3)n2)ccc1NC(C)=O. The summed E-state index contributed by atoms with van der Waals surface area (Å²) in [6.45, 7) is 1.36. The number of rotatable bonds is 5. The molecular weight excluding hydrogens is 421 g/mol. The molecule has 0 atom stereocenters. The predicted octanol–water partition coefficient (Wildman–Crippen LogP) is 5.36. The Kier molecular flexibility index (Phi) is 6.22. The molecule has 0 fully saturated rings. The van der Waals surface area contributed by atoms with Crippen molar-refractivity contribution in [1.82, 2.24) is 9.97 Å². The summed E-state index contributed by atoms with van der Waals surface area (Å²) in [5.41, 5.74) is 3.87. The molecule has 0 aliphatic carbocycles. The van der Waals surface area contributed by atoms with Gasteiger partial charge in [-0.15, -0.1) is 0 Å². The van der Waals surface area contributed by atoms with Gasteiger partial charge >= 0.3 is 5.97 Å². The number of halogens is 1. The number of anilines is 1. The van der Waals surface area contributed by atoms with Gasteiger partial charge in [0.1, 0.15) is 5.82 Å². The van der Waals surface area contributed by atoms with E-state index in [4.69, 9.17) is 9.72 Å². The minimum Gasteiger partial charge on any atom is -0.465 e. The van der Waals surface area contributed by atoms with Gasteiger partial charge in [0.15, 0.2) is 5.82 Å². The number of amides is 1. The van der Waals surface area contributed by atoms with Crippen LogP contribution in [0.1, 0.15) is 17.3 Å². The average Bonchev–Trinajstić information content (AvgIpc) is 2.84. The quantitative estimate of drug-likeness (QED) is 0.422. The van der Waals surface area contributed by atoms with Crippen LogP contribution >= 0.6 is 0 Å². The molecule has 0 bridgehead atoms. The summed E-state index contributed by atoms with van der Waals surface area (Å²) in [4.78, 5) is 33.3. The molecule has 0 aliphatic heterocycles. The number of hydrogen-bond donors (Lipinski definition) is 1. The van der Waals surface area contributed by atoms with Crippen molar-refractivity contribution in [1.29, 1.82) is 0 Å². The number of esters is 1. The number of benzene rings is 3. The van der Waals surface area contributed by atoms with Gasteiger partial charge in [-0.05, 0) is 42.5 Å². The fourth-order valence-electron chi connectivity index (χ4n) is 3.36. The maximum absolute atomic E-state index is 13.5. The zero-order chi connectivity index (χ0) is 23.4. The number of nitrogens with one attached hydrogen (secondary N) is 1. The summed E-state index contributed by atoms with van der Waals surface area (Å²) in [6, 6.07) is 22.3. The van der Waals surface area contributed by atoms with Crippen molar-refractivity contribution in [3.05, 3.63) is 90.2 Å². The standard InChI is InChI=1S/C26H20FN3O3/c1-16(31)28-22-13-10-19(14-21(22)26(32)33-2)24-15-23(17-8-11-20(27)12-9-17)29-25(30-24)18-6-4-3-5-7-18/h3-15H,1-2H3,(H,28,31). The van der Waals surface area contributed by atoms with Crippen LogP contribution in [0.15, 0.2) is 78.9 Å². The fraction of sp³-hybridized carbons (Fsp3) is 0.0769. The van der Waals surface area contributed by atoms with E-state index in [1.54, 1.807) is 36.4 Å². The Bertz CT molecular complexity index is 1320. The molecule has 0 aliphatic rings. The van der Waals surface area contributed by atoms with Gasteiger partial charge in [-0.2, -0.15) is 0 Å². The second-order valence-electron chi connectivity index (χ2n) is 7.27. The topological polar surface area (TPSA) is 81.2 Å². The van der Waals surface area contributed by atoms with E-state index in [9.17, 15) is 14.0 Å². The van der Waals surface area contributed by atoms with E-state index in [1.165, 1.54) is 26.2 Å². The monoisotopic (exact) mass is 441 g/mol. The lowest BCUT2D eigenvalue weighted by atomic mass is 10.0. The Labute approximate surface area is 190 Å². The molecule has 4 aromatic rings. The number of nitrogens with zero attached hydrogens (tertiary/aromatic N) is 2. The molecule has 0 radical (unpaired) electrons. The molecule has 1 aromatic heterocycles. The Balaban J connectivity index is 1.89. The Morgan fingerprint density at radius 3 is 2.09 bits per heavy atom. The summed E-state index contributed by atoms with van der Waals surface area (Å²) < 4.78 is 18.4. The molecule has 0 saturated heterocycles. The molecule has 164 valence electrons. The maximum Gasteiger partial charge on any atom is 0.339 e. The van der Waals surface area contributed by atoms with Crippen LogP contribution < -0.4 is 5.32 Å². The molecular formula is C26H20FN3O3. The normalized spacial score (nSPS) is 10.5. The smallest absolute Gasteiger partial charge is 0.339 e. The molecule has 7 heteroatoms. The number of ether oxygens (including phenoxy) is 1. The third-order valence-electron chi connectivity index (χ3n) is 4.93. The molecule has 4 rings (SSSR count). The van der Waals surface area contributed by atoms with Crippen molar-refractivity contribution in [2.24, 2.45) is 0 Å². The van der Waals surface area contributed by atoms with Crippen LogP contribution in [0.5, 0.6) is 0 Å². The minimum atomic E-state index is -0.586. The second kappa shape index (κ2) is 9.40. The van der Waals surface area contributed by atoms with Crippen molar-refractivity contribution in [2.45, 2.75) is 6.92 Å². The maximum atomic E-state index is 13.5. The number of carbonyl (C=O) groups excluding carboxylic acids is 2. The van der Waals surface area contributed by atoms with E-state index < -0.39 is 5.97 Å². The summed E-state index contributed by atoms with van der Waals surface area (Å²) in [7, 11) is 1.28.